The molecule has 0 bridgehead atoms. The minimum Gasteiger partial charge on any atom is -0.469 e. The molecule has 8 nitrogen and oxygen atoms in total. The SMILES string of the molecule is COC(=O)CCN(CCC(=O)OC)C1CCN(C(=O)OCc2ccccc2)CC1. The number of likely N-dealkylation sites (tertiary alicyclic amines) is 1. The van der Waals surface area contributed by atoms with E-state index in [-0.39, 0.29) is 43.5 Å². The smallest absolute Gasteiger partial charge is 0.410 e. The van der Waals surface area contributed by atoms with E-state index in [4.69, 9.17) is 14.2 Å². The molecule has 29 heavy (non-hydrogen) atoms. The summed E-state index contributed by atoms with van der Waals surface area (Å²) in [4.78, 5) is 39.2. The predicted molar refractivity (Wildman–Crippen MR) is 106 cm³/mol. The van der Waals surface area contributed by atoms with Crippen molar-refractivity contribution >= 4 is 18.0 Å². The third-order valence-electron chi connectivity index (χ3n) is 5.11. The quantitative estimate of drug-likeness (QED) is 0.459. The van der Waals surface area contributed by atoms with Gasteiger partial charge in [-0.1, -0.05) is 30.3 Å². The highest BCUT2D eigenvalue weighted by Crippen LogP contribution is 2.19. The van der Waals surface area contributed by atoms with Gasteiger partial charge in [0.1, 0.15) is 6.61 Å². The molecular formula is C21H30N2O6. The summed E-state index contributed by atoms with van der Waals surface area (Å²) in [6, 6.07) is 9.75. The van der Waals surface area contributed by atoms with Gasteiger partial charge in [-0.2, -0.15) is 0 Å². The molecule has 1 aromatic rings. The molecule has 0 N–H and O–H groups in total. The van der Waals surface area contributed by atoms with Crippen molar-refractivity contribution in [1.82, 2.24) is 9.80 Å². The maximum atomic E-state index is 12.3. The zero-order valence-electron chi connectivity index (χ0n) is 17.2. The highest BCUT2D eigenvalue weighted by Gasteiger charge is 2.28. The van der Waals surface area contributed by atoms with Gasteiger partial charge in [-0.05, 0) is 18.4 Å². The van der Waals surface area contributed by atoms with Crippen LogP contribution in [0.4, 0.5) is 4.79 Å². The zero-order valence-corrected chi connectivity index (χ0v) is 17.2. The summed E-state index contributed by atoms with van der Waals surface area (Å²) in [6.07, 6.45) is 1.71. The van der Waals surface area contributed by atoms with Crippen LogP contribution in [-0.4, -0.2) is 74.3 Å². The van der Waals surface area contributed by atoms with Crippen molar-refractivity contribution in [3.8, 4) is 0 Å². The summed E-state index contributed by atoms with van der Waals surface area (Å²) in [5.74, 6) is -0.565. The lowest BCUT2D eigenvalue weighted by molar-refractivity contribution is -0.141. The molecule has 1 aliphatic rings. The number of hydrogen-bond acceptors (Lipinski definition) is 7. The van der Waals surface area contributed by atoms with Crippen molar-refractivity contribution in [1.29, 1.82) is 0 Å². The second kappa shape index (κ2) is 12.1. The van der Waals surface area contributed by atoms with Gasteiger partial charge in [0.15, 0.2) is 0 Å². The van der Waals surface area contributed by atoms with Crippen molar-refractivity contribution in [3.63, 3.8) is 0 Å². The fraction of sp³-hybridized carbons (Fsp3) is 0.571. The number of amides is 1. The Morgan fingerprint density at radius 2 is 1.52 bits per heavy atom. The summed E-state index contributed by atoms with van der Waals surface area (Å²) >= 11 is 0. The molecule has 0 unspecified atom stereocenters. The van der Waals surface area contributed by atoms with Gasteiger partial charge in [-0.3, -0.25) is 14.5 Å². The Kier molecular flexibility index (Phi) is 9.43. The van der Waals surface area contributed by atoms with Crippen LogP contribution in [0.1, 0.15) is 31.2 Å². The van der Waals surface area contributed by atoms with E-state index in [1.165, 1.54) is 14.2 Å². The molecule has 0 aliphatic carbocycles. The van der Waals surface area contributed by atoms with Crippen LogP contribution in [0, 0.1) is 0 Å². The van der Waals surface area contributed by atoms with E-state index in [9.17, 15) is 14.4 Å². The van der Waals surface area contributed by atoms with Crippen molar-refractivity contribution in [3.05, 3.63) is 35.9 Å². The van der Waals surface area contributed by atoms with E-state index in [0.29, 0.717) is 26.2 Å². The molecule has 0 radical (unpaired) electrons. The summed E-state index contributed by atoms with van der Waals surface area (Å²) in [6.45, 7) is 2.42. The number of nitrogens with zero attached hydrogens (tertiary/aromatic N) is 2. The Bertz CT molecular complexity index is 638. The molecule has 0 atom stereocenters. The van der Waals surface area contributed by atoms with Gasteiger partial charge >= 0.3 is 18.0 Å². The number of rotatable bonds is 9. The summed E-state index contributed by atoms with van der Waals surface area (Å²) < 4.78 is 14.8. The second-order valence-electron chi connectivity index (χ2n) is 6.95. The molecule has 160 valence electrons. The molecular weight excluding hydrogens is 376 g/mol. The molecule has 2 rings (SSSR count). The van der Waals surface area contributed by atoms with Crippen LogP contribution in [0.5, 0.6) is 0 Å². The van der Waals surface area contributed by atoms with Crippen LogP contribution in [0.15, 0.2) is 30.3 Å². The van der Waals surface area contributed by atoms with Gasteiger partial charge in [0.25, 0.3) is 0 Å². The molecule has 0 saturated carbocycles. The number of hydrogen-bond donors (Lipinski definition) is 0. The van der Waals surface area contributed by atoms with E-state index in [0.717, 1.165) is 18.4 Å². The Labute approximate surface area is 171 Å². The first kappa shape index (κ1) is 22.7. The van der Waals surface area contributed by atoms with Gasteiger partial charge in [0.2, 0.25) is 0 Å². The van der Waals surface area contributed by atoms with Gasteiger partial charge < -0.3 is 19.1 Å². The van der Waals surface area contributed by atoms with Crippen LogP contribution in [0.2, 0.25) is 0 Å². The third kappa shape index (κ3) is 7.73. The maximum Gasteiger partial charge on any atom is 0.410 e. The minimum absolute atomic E-state index is 0.183. The first-order valence-corrected chi connectivity index (χ1v) is 9.86. The average Bonchev–Trinajstić information content (AvgIpc) is 2.77. The summed E-state index contributed by atoms with van der Waals surface area (Å²) in [5, 5.41) is 0. The number of esters is 2. The van der Waals surface area contributed by atoms with Crippen LogP contribution in [0.25, 0.3) is 0 Å². The molecule has 1 aliphatic heterocycles. The van der Waals surface area contributed by atoms with Gasteiger partial charge in [0.05, 0.1) is 27.1 Å². The number of benzene rings is 1. The molecule has 1 saturated heterocycles. The van der Waals surface area contributed by atoms with Gasteiger partial charge in [-0.15, -0.1) is 0 Å². The normalized spacial score (nSPS) is 14.5. The Morgan fingerprint density at radius 1 is 0.966 bits per heavy atom. The summed E-state index contributed by atoms with van der Waals surface area (Å²) in [5.41, 5.74) is 0.951. The van der Waals surface area contributed by atoms with Gasteiger partial charge in [-0.25, -0.2) is 4.79 Å². The number of piperidine rings is 1. The van der Waals surface area contributed by atoms with E-state index in [1.54, 1.807) is 4.90 Å². The molecule has 0 aromatic heterocycles. The minimum atomic E-state index is -0.317. The van der Waals surface area contributed by atoms with E-state index < -0.39 is 0 Å². The molecule has 8 heteroatoms. The molecule has 1 heterocycles. The fourth-order valence-corrected chi connectivity index (χ4v) is 3.38. The average molecular weight is 406 g/mol. The highest BCUT2D eigenvalue weighted by atomic mass is 16.6. The summed E-state index contributed by atoms with van der Waals surface area (Å²) in [7, 11) is 2.72. The Morgan fingerprint density at radius 3 is 2.03 bits per heavy atom. The van der Waals surface area contributed by atoms with Crippen molar-refractivity contribution in [2.24, 2.45) is 0 Å². The van der Waals surface area contributed by atoms with Crippen molar-refractivity contribution in [2.75, 3.05) is 40.4 Å². The van der Waals surface area contributed by atoms with Crippen molar-refractivity contribution in [2.45, 2.75) is 38.3 Å². The lowest BCUT2D eigenvalue weighted by Gasteiger charge is -2.38. The number of ether oxygens (including phenoxy) is 3. The topological polar surface area (TPSA) is 85.4 Å². The molecule has 1 fully saturated rings. The maximum absolute atomic E-state index is 12.3. The van der Waals surface area contributed by atoms with E-state index in [1.807, 2.05) is 30.3 Å². The standard InChI is InChI=1S/C21H30N2O6/c1-27-19(24)10-14-22(15-11-20(25)28-2)18-8-12-23(13-9-18)21(26)29-16-17-6-4-3-5-7-17/h3-7,18H,8-16H2,1-2H3. The lowest BCUT2D eigenvalue weighted by atomic mass is 10.0. The monoisotopic (exact) mass is 406 g/mol. The first-order chi connectivity index (χ1) is 14.0. The molecule has 1 amide bonds. The van der Waals surface area contributed by atoms with E-state index in [2.05, 4.69) is 4.90 Å². The number of carbonyl (C=O) groups is 3. The van der Waals surface area contributed by atoms with Crippen LogP contribution in [-0.2, 0) is 30.4 Å². The zero-order chi connectivity index (χ0) is 21.1. The second-order valence-corrected chi connectivity index (χ2v) is 6.95. The van der Waals surface area contributed by atoms with E-state index >= 15 is 0 Å². The lowest BCUT2D eigenvalue weighted by Crippen LogP contribution is -2.48. The van der Waals surface area contributed by atoms with Crippen LogP contribution in [0.3, 0.4) is 0 Å². The largest absolute Gasteiger partial charge is 0.469 e. The molecule has 0 spiro atoms. The predicted octanol–water partition coefficient (Wildman–Crippen LogP) is 2.22. The Hall–Kier alpha value is -2.61. The van der Waals surface area contributed by atoms with Crippen molar-refractivity contribution < 1.29 is 28.6 Å². The highest BCUT2D eigenvalue weighted by molar-refractivity contribution is 5.70. The molecule has 1 aromatic carbocycles. The first-order valence-electron chi connectivity index (χ1n) is 9.86. The van der Waals surface area contributed by atoms with Crippen LogP contribution < -0.4 is 0 Å². The number of methoxy groups -OCH3 is 2. The number of carbonyl (C=O) groups excluding carboxylic acids is 3. The fourth-order valence-electron chi connectivity index (χ4n) is 3.38. The van der Waals surface area contributed by atoms with Gasteiger partial charge in [0, 0.05) is 32.2 Å². The Balaban J connectivity index is 1.82. The van der Waals surface area contributed by atoms with Crippen LogP contribution >= 0.6 is 0 Å². The third-order valence-corrected chi connectivity index (χ3v) is 5.11.